The van der Waals surface area contributed by atoms with E-state index in [2.05, 4.69) is 15.2 Å². The molecular weight excluding hydrogens is 336 g/mol. The number of nitrogens with zero attached hydrogens (tertiary/aromatic N) is 3. The molecule has 1 N–H and O–H groups in total. The fourth-order valence-electron chi connectivity index (χ4n) is 4.16. The van der Waals surface area contributed by atoms with Gasteiger partial charge in [-0.3, -0.25) is 14.5 Å². The molecular formula is C15H19ClN4O2S. The van der Waals surface area contributed by atoms with E-state index in [1.807, 2.05) is 4.90 Å². The molecule has 0 radical (unpaired) electrons. The third-order valence-corrected chi connectivity index (χ3v) is 6.32. The highest BCUT2D eigenvalue weighted by molar-refractivity contribution is 7.12. The summed E-state index contributed by atoms with van der Waals surface area (Å²) in [6, 6.07) is 0.666. The fraction of sp³-hybridized carbons (Fsp3) is 0.667. The highest BCUT2D eigenvalue weighted by atomic mass is 35.5. The van der Waals surface area contributed by atoms with Crippen molar-refractivity contribution in [3.05, 3.63) is 15.5 Å². The van der Waals surface area contributed by atoms with Gasteiger partial charge in [0.1, 0.15) is 5.15 Å². The normalized spacial score (nSPS) is 31.3. The second kappa shape index (κ2) is 6.03. The fourth-order valence-corrected chi connectivity index (χ4v) is 5.07. The van der Waals surface area contributed by atoms with E-state index in [-0.39, 0.29) is 23.9 Å². The molecule has 124 valence electrons. The van der Waals surface area contributed by atoms with Gasteiger partial charge in [-0.2, -0.15) is 0 Å². The number of rotatable bonds is 2. The van der Waals surface area contributed by atoms with Gasteiger partial charge in [-0.25, -0.2) is 4.98 Å². The Balaban J connectivity index is 1.52. The smallest absolute Gasteiger partial charge is 0.282 e. The van der Waals surface area contributed by atoms with Crippen LogP contribution in [0.4, 0.5) is 0 Å². The van der Waals surface area contributed by atoms with Gasteiger partial charge in [0, 0.05) is 37.1 Å². The van der Waals surface area contributed by atoms with Crippen molar-refractivity contribution in [3.63, 3.8) is 0 Å². The molecule has 0 spiro atoms. The summed E-state index contributed by atoms with van der Waals surface area (Å²) in [4.78, 5) is 33.1. The maximum absolute atomic E-state index is 12.7. The van der Waals surface area contributed by atoms with Crippen molar-refractivity contribution in [2.75, 3.05) is 19.6 Å². The highest BCUT2D eigenvalue weighted by Crippen LogP contribution is 2.34. The number of aromatic nitrogens is 1. The van der Waals surface area contributed by atoms with Crippen LogP contribution in [-0.4, -0.2) is 64.4 Å². The van der Waals surface area contributed by atoms with Gasteiger partial charge in [-0.1, -0.05) is 11.6 Å². The summed E-state index contributed by atoms with van der Waals surface area (Å²) < 4.78 is 0. The number of hydrogen-bond donors (Lipinski definition) is 1. The monoisotopic (exact) mass is 354 g/mol. The summed E-state index contributed by atoms with van der Waals surface area (Å²) in [7, 11) is 0. The largest absolute Gasteiger partial charge is 0.355 e. The Morgan fingerprint density at radius 1 is 1.30 bits per heavy atom. The Labute approximate surface area is 143 Å². The van der Waals surface area contributed by atoms with Crippen LogP contribution in [-0.2, 0) is 4.79 Å². The lowest BCUT2D eigenvalue weighted by molar-refractivity contribution is -0.124. The maximum Gasteiger partial charge on any atom is 0.282 e. The Hall–Kier alpha value is -1.18. The van der Waals surface area contributed by atoms with E-state index in [9.17, 15) is 9.59 Å². The third-order valence-electron chi connectivity index (χ3n) is 5.17. The van der Waals surface area contributed by atoms with Gasteiger partial charge in [0.25, 0.3) is 5.91 Å². The summed E-state index contributed by atoms with van der Waals surface area (Å²) in [5.41, 5.74) is 0. The zero-order valence-electron chi connectivity index (χ0n) is 12.7. The van der Waals surface area contributed by atoms with Crippen molar-refractivity contribution >= 4 is 34.8 Å². The van der Waals surface area contributed by atoms with Crippen LogP contribution < -0.4 is 5.32 Å². The first kappa shape index (κ1) is 15.4. The number of hydrogen-bond acceptors (Lipinski definition) is 5. The van der Waals surface area contributed by atoms with Crippen LogP contribution in [0.2, 0.25) is 5.15 Å². The predicted molar refractivity (Wildman–Crippen MR) is 87.7 cm³/mol. The SMILES string of the molecule is O=C1NCCC1N1C2CCC1CN(C(=O)c1nc(Cl)cs1)CC2. The van der Waals surface area contributed by atoms with Crippen LogP contribution in [0.25, 0.3) is 0 Å². The summed E-state index contributed by atoms with van der Waals surface area (Å²) in [6.07, 6.45) is 3.98. The van der Waals surface area contributed by atoms with Gasteiger partial charge in [-0.15, -0.1) is 11.3 Å². The predicted octanol–water partition coefficient (Wildman–Crippen LogP) is 1.36. The average molecular weight is 355 g/mol. The lowest BCUT2D eigenvalue weighted by Crippen LogP contribution is -2.49. The lowest BCUT2D eigenvalue weighted by atomic mass is 10.1. The second-order valence-corrected chi connectivity index (χ2v) is 7.69. The number of carbonyl (C=O) groups is 2. The van der Waals surface area contributed by atoms with Gasteiger partial charge < -0.3 is 10.2 Å². The van der Waals surface area contributed by atoms with Crippen molar-refractivity contribution in [2.24, 2.45) is 0 Å². The third kappa shape index (κ3) is 2.75. The van der Waals surface area contributed by atoms with E-state index in [1.165, 1.54) is 11.3 Å². The molecule has 2 bridgehead atoms. The van der Waals surface area contributed by atoms with Crippen LogP contribution in [0.15, 0.2) is 5.38 Å². The number of likely N-dealkylation sites (tertiary alicyclic amines) is 1. The van der Waals surface area contributed by atoms with Crippen LogP contribution in [0, 0.1) is 0 Å². The van der Waals surface area contributed by atoms with Crippen molar-refractivity contribution in [1.82, 2.24) is 20.1 Å². The number of amides is 2. The van der Waals surface area contributed by atoms with Crippen molar-refractivity contribution in [2.45, 2.75) is 43.8 Å². The molecule has 8 heteroatoms. The summed E-state index contributed by atoms with van der Waals surface area (Å²) in [6.45, 7) is 2.16. The molecule has 0 saturated carbocycles. The minimum absolute atomic E-state index is 0.0168. The van der Waals surface area contributed by atoms with E-state index in [0.29, 0.717) is 22.7 Å². The van der Waals surface area contributed by atoms with Crippen LogP contribution in [0.5, 0.6) is 0 Å². The Kier molecular flexibility index (Phi) is 4.03. The number of halogens is 1. The van der Waals surface area contributed by atoms with Gasteiger partial charge in [-0.05, 0) is 25.7 Å². The molecule has 6 nitrogen and oxygen atoms in total. The molecule has 0 aromatic carbocycles. The zero-order chi connectivity index (χ0) is 16.0. The molecule has 23 heavy (non-hydrogen) atoms. The summed E-state index contributed by atoms with van der Waals surface area (Å²) in [5.74, 6) is 0.110. The molecule has 1 aromatic heterocycles. The van der Waals surface area contributed by atoms with E-state index >= 15 is 0 Å². The number of carbonyl (C=O) groups excluding carboxylic acids is 2. The number of thiazole rings is 1. The Bertz CT molecular complexity index is 637. The van der Waals surface area contributed by atoms with Gasteiger partial charge in [0.15, 0.2) is 5.01 Å². The first-order valence-electron chi connectivity index (χ1n) is 8.09. The molecule has 3 fully saturated rings. The van der Waals surface area contributed by atoms with E-state index < -0.39 is 0 Å². The van der Waals surface area contributed by atoms with E-state index in [4.69, 9.17) is 11.6 Å². The molecule has 3 atom stereocenters. The topological polar surface area (TPSA) is 65.5 Å². The van der Waals surface area contributed by atoms with Crippen molar-refractivity contribution < 1.29 is 9.59 Å². The Morgan fingerprint density at radius 3 is 2.83 bits per heavy atom. The highest BCUT2D eigenvalue weighted by Gasteiger charge is 2.45. The number of fused-ring (bicyclic) bond motifs is 2. The molecule has 2 amide bonds. The summed E-state index contributed by atoms with van der Waals surface area (Å²) in [5, 5.41) is 5.45. The zero-order valence-corrected chi connectivity index (χ0v) is 14.3. The first-order chi connectivity index (χ1) is 11.1. The average Bonchev–Trinajstić information content (AvgIpc) is 3.18. The minimum Gasteiger partial charge on any atom is -0.355 e. The first-order valence-corrected chi connectivity index (χ1v) is 9.34. The molecule has 3 unspecified atom stereocenters. The molecule has 1 aromatic rings. The minimum atomic E-state index is -0.0368. The molecule has 4 rings (SSSR count). The van der Waals surface area contributed by atoms with Gasteiger partial charge >= 0.3 is 0 Å². The number of nitrogens with one attached hydrogen (secondary N) is 1. The molecule has 4 heterocycles. The maximum atomic E-state index is 12.7. The Morgan fingerprint density at radius 2 is 2.13 bits per heavy atom. The lowest BCUT2D eigenvalue weighted by Gasteiger charge is -2.32. The van der Waals surface area contributed by atoms with Crippen molar-refractivity contribution in [1.29, 1.82) is 0 Å². The van der Waals surface area contributed by atoms with Gasteiger partial charge in [0.05, 0.1) is 6.04 Å². The molecule has 3 saturated heterocycles. The van der Waals surface area contributed by atoms with Crippen LogP contribution >= 0.6 is 22.9 Å². The van der Waals surface area contributed by atoms with E-state index in [1.54, 1.807) is 5.38 Å². The second-order valence-electron chi connectivity index (χ2n) is 6.44. The molecule has 3 aliphatic rings. The summed E-state index contributed by atoms with van der Waals surface area (Å²) >= 11 is 7.13. The van der Waals surface area contributed by atoms with Crippen LogP contribution in [0.1, 0.15) is 35.5 Å². The molecule has 3 aliphatic heterocycles. The van der Waals surface area contributed by atoms with E-state index in [0.717, 1.165) is 38.8 Å². The standard InChI is InChI=1S/C15H19ClN4O2S/c16-12-8-23-14(18-12)15(22)19-6-4-9-1-2-10(7-19)20(9)11-3-5-17-13(11)21/h8-11H,1-7H2,(H,17,21). The van der Waals surface area contributed by atoms with Crippen molar-refractivity contribution in [3.8, 4) is 0 Å². The van der Waals surface area contributed by atoms with Crippen LogP contribution in [0.3, 0.4) is 0 Å². The molecule has 0 aliphatic carbocycles. The quantitative estimate of drug-likeness (QED) is 0.871. The van der Waals surface area contributed by atoms with Gasteiger partial charge in [0.2, 0.25) is 5.91 Å².